The van der Waals surface area contributed by atoms with Crippen molar-refractivity contribution in [2.45, 2.75) is 56.5 Å². The molecule has 4 amide bonds. The summed E-state index contributed by atoms with van der Waals surface area (Å²) in [7, 11) is 0. The van der Waals surface area contributed by atoms with Crippen LogP contribution >= 0.6 is 11.3 Å². The number of likely N-dealkylation sites (tertiary alicyclic amines) is 1. The van der Waals surface area contributed by atoms with E-state index in [1.54, 1.807) is 11.3 Å². The van der Waals surface area contributed by atoms with Crippen LogP contribution in [0.25, 0.3) is 10.2 Å². The highest BCUT2D eigenvalue weighted by Gasteiger charge is 2.52. The minimum atomic E-state index is -0.711. The maximum absolute atomic E-state index is 13.0. The van der Waals surface area contributed by atoms with Crippen molar-refractivity contribution in [3.8, 4) is 0 Å². The summed E-state index contributed by atoms with van der Waals surface area (Å²) >= 11 is 1.64. The molecule has 3 heterocycles. The SMILES string of the molecule is O=C1NC2(CCCC2)C(=O)N1CCC(=O)N1CCC[C@@H]1c1nc2ccccc2s1. The van der Waals surface area contributed by atoms with Gasteiger partial charge in [0.1, 0.15) is 10.5 Å². The Morgan fingerprint density at radius 1 is 1.21 bits per heavy atom. The Labute approximate surface area is 173 Å². The van der Waals surface area contributed by atoms with Crippen molar-refractivity contribution >= 4 is 39.4 Å². The third-order valence-corrected chi connectivity index (χ3v) is 7.56. The predicted molar refractivity (Wildman–Crippen MR) is 109 cm³/mol. The first-order chi connectivity index (χ1) is 14.1. The lowest BCUT2D eigenvalue weighted by molar-refractivity contribution is -0.134. The van der Waals surface area contributed by atoms with Gasteiger partial charge in [-0.25, -0.2) is 9.78 Å². The van der Waals surface area contributed by atoms with Gasteiger partial charge in [-0.1, -0.05) is 25.0 Å². The monoisotopic (exact) mass is 412 g/mol. The van der Waals surface area contributed by atoms with E-state index >= 15 is 0 Å². The molecule has 1 N–H and O–H groups in total. The normalized spacial score (nSPS) is 23.5. The molecule has 1 atom stereocenters. The van der Waals surface area contributed by atoms with Crippen molar-refractivity contribution in [2.24, 2.45) is 0 Å². The molecule has 0 unspecified atom stereocenters. The minimum Gasteiger partial charge on any atom is -0.333 e. The van der Waals surface area contributed by atoms with Gasteiger partial charge in [0.15, 0.2) is 0 Å². The highest BCUT2D eigenvalue weighted by atomic mass is 32.1. The fourth-order valence-corrected chi connectivity index (χ4v) is 6.02. The van der Waals surface area contributed by atoms with Gasteiger partial charge in [0.05, 0.1) is 16.3 Å². The van der Waals surface area contributed by atoms with Crippen molar-refractivity contribution < 1.29 is 14.4 Å². The average Bonchev–Trinajstić information content (AvgIpc) is 3.48. The summed E-state index contributed by atoms with van der Waals surface area (Å²) < 4.78 is 1.13. The van der Waals surface area contributed by atoms with Crippen molar-refractivity contribution in [3.05, 3.63) is 29.3 Å². The molecule has 29 heavy (non-hydrogen) atoms. The number of fused-ring (bicyclic) bond motifs is 1. The lowest BCUT2D eigenvalue weighted by Crippen LogP contribution is -2.44. The molecule has 0 radical (unpaired) electrons. The molecule has 5 rings (SSSR count). The number of carbonyl (C=O) groups excluding carboxylic acids is 3. The molecule has 1 aromatic carbocycles. The van der Waals surface area contributed by atoms with E-state index in [9.17, 15) is 14.4 Å². The molecular formula is C21H24N4O3S. The largest absolute Gasteiger partial charge is 0.333 e. The lowest BCUT2D eigenvalue weighted by Gasteiger charge is -2.24. The van der Waals surface area contributed by atoms with E-state index < -0.39 is 5.54 Å². The quantitative estimate of drug-likeness (QED) is 0.782. The van der Waals surface area contributed by atoms with Crippen molar-refractivity contribution in [1.29, 1.82) is 0 Å². The first-order valence-corrected chi connectivity index (χ1v) is 11.2. The minimum absolute atomic E-state index is 0.0100. The van der Waals surface area contributed by atoms with Gasteiger partial charge >= 0.3 is 6.03 Å². The summed E-state index contributed by atoms with van der Waals surface area (Å²) in [6, 6.07) is 7.65. The standard InChI is InChI=1S/C21H24N4O3S/c26-17(9-13-25-19(27)21(23-20(25)28)10-3-4-11-21)24-12-5-7-15(24)18-22-14-6-1-2-8-16(14)29-18/h1-2,6,8,15H,3-5,7,9-13H2,(H,23,28)/t15-/m1/s1. The second-order valence-corrected chi connectivity index (χ2v) is 9.25. The van der Waals surface area contributed by atoms with Crippen molar-refractivity contribution in [2.75, 3.05) is 13.1 Å². The maximum atomic E-state index is 13.0. The van der Waals surface area contributed by atoms with Gasteiger partial charge in [0, 0.05) is 19.5 Å². The molecule has 2 aromatic rings. The number of nitrogens with zero attached hydrogens (tertiary/aromatic N) is 3. The Bertz CT molecular complexity index is 948. The number of hydrogen-bond donors (Lipinski definition) is 1. The number of thiazole rings is 1. The van der Waals surface area contributed by atoms with Gasteiger partial charge in [0.25, 0.3) is 5.91 Å². The molecular weight excluding hydrogens is 388 g/mol. The number of benzene rings is 1. The number of nitrogens with one attached hydrogen (secondary N) is 1. The van der Waals surface area contributed by atoms with Crippen molar-refractivity contribution in [1.82, 2.24) is 20.1 Å². The van der Waals surface area contributed by atoms with E-state index in [1.165, 1.54) is 4.90 Å². The zero-order valence-electron chi connectivity index (χ0n) is 16.2. The molecule has 1 aromatic heterocycles. The number of amides is 4. The Kier molecular flexibility index (Phi) is 4.53. The van der Waals surface area contributed by atoms with E-state index in [0.29, 0.717) is 19.4 Å². The molecule has 2 aliphatic heterocycles. The Hall–Kier alpha value is -2.48. The van der Waals surface area contributed by atoms with Gasteiger partial charge in [-0.3, -0.25) is 14.5 Å². The molecule has 1 spiro atoms. The predicted octanol–water partition coefficient (Wildman–Crippen LogP) is 3.21. The molecule has 3 aliphatic rings. The van der Waals surface area contributed by atoms with Gasteiger partial charge in [0.2, 0.25) is 5.91 Å². The second kappa shape index (κ2) is 7.09. The Morgan fingerprint density at radius 2 is 2.00 bits per heavy atom. The topological polar surface area (TPSA) is 82.6 Å². The Balaban J connectivity index is 1.27. The summed E-state index contributed by atoms with van der Waals surface area (Å²) in [6.07, 6.45) is 5.32. The number of imide groups is 1. The first-order valence-electron chi connectivity index (χ1n) is 10.4. The molecule has 8 heteroatoms. The van der Waals surface area contributed by atoms with E-state index in [0.717, 1.165) is 40.9 Å². The number of carbonyl (C=O) groups is 3. The molecule has 1 aliphatic carbocycles. The Morgan fingerprint density at radius 3 is 2.79 bits per heavy atom. The summed E-state index contributed by atoms with van der Waals surface area (Å²) in [6.45, 7) is 0.845. The second-order valence-electron chi connectivity index (χ2n) is 8.19. The molecule has 2 saturated heterocycles. The summed E-state index contributed by atoms with van der Waals surface area (Å²) in [5.74, 6) is -0.170. The average molecular weight is 413 g/mol. The third-order valence-electron chi connectivity index (χ3n) is 6.42. The van der Waals surface area contributed by atoms with E-state index in [1.807, 2.05) is 29.2 Å². The van der Waals surface area contributed by atoms with E-state index in [4.69, 9.17) is 4.98 Å². The van der Waals surface area contributed by atoms with Crippen LogP contribution in [0, 0.1) is 0 Å². The summed E-state index contributed by atoms with van der Waals surface area (Å²) in [4.78, 5) is 45.9. The summed E-state index contributed by atoms with van der Waals surface area (Å²) in [5, 5.41) is 3.85. The van der Waals surface area contributed by atoms with Gasteiger partial charge in [-0.15, -0.1) is 11.3 Å². The van der Waals surface area contributed by atoms with Crippen LogP contribution in [0.15, 0.2) is 24.3 Å². The third kappa shape index (κ3) is 3.10. The van der Waals surface area contributed by atoms with E-state index in [-0.39, 0.29) is 36.9 Å². The fourth-order valence-electron chi connectivity index (χ4n) is 4.90. The number of para-hydroxylation sites is 1. The highest BCUT2D eigenvalue weighted by molar-refractivity contribution is 7.18. The molecule has 0 bridgehead atoms. The van der Waals surface area contributed by atoms with Crippen LogP contribution in [0.1, 0.15) is 56.0 Å². The van der Waals surface area contributed by atoms with Crippen LogP contribution in [-0.2, 0) is 9.59 Å². The molecule has 1 saturated carbocycles. The zero-order chi connectivity index (χ0) is 20.0. The van der Waals surface area contributed by atoms with Crippen LogP contribution in [0.3, 0.4) is 0 Å². The van der Waals surface area contributed by atoms with Gasteiger partial charge in [-0.05, 0) is 37.8 Å². The smallest absolute Gasteiger partial charge is 0.325 e. The zero-order valence-corrected chi connectivity index (χ0v) is 17.0. The number of urea groups is 1. The maximum Gasteiger partial charge on any atom is 0.325 e. The van der Waals surface area contributed by atoms with Gasteiger partial charge < -0.3 is 10.2 Å². The summed E-state index contributed by atoms with van der Waals surface area (Å²) in [5.41, 5.74) is 0.255. The molecule has 152 valence electrons. The molecule has 3 fully saturated rings. The first kappa shape index (κ1) is 18.5. The van der Waals surface area contributed by atoms with Crippen LogP contribution < -0.4 is 5.32 Å². The number of aromatic nitrogens is 1. The number of hydrogen-bond acceptors (Lipinski definition) is 5. The van der Waals surface area contributed by atoms with Gasteiger partial charge in [-0.2, -0.15) is 0 Å². The highest BCUT2D eigenvalue weighted by Crippen LogP contribution is 2.37. The van der Waals surface area contributed by atoms with Crippen LogP contribution in [0.5, 0.6) is 0 Å². The van der Waals surface area contributed by atoms with E-state index in [2.05, 4.69) is 5.32 Å². The number of rotatable bonds is 4. The van der Waals surface area contributed by atoms with Crippen molar-refractivity contribution in [3.63, 3.8) is 0 Å². The van der Waals surface area contributed by atoms with Crippen LogP contribution in [-0.4, -0.2) is 51.3 Å². The van der Waals surface area contributed by atoms with Crippen LogP contribution in [0.2, 0.25) is 0 Å². The van der Waals surface area contributed by atoms with Crippen LogP contribution in [0.4, 0.5) is 4.79 Å². The lowest BCUT2D eigenvalue weighted by atomic mass is 9.98. The fraction of sp³-hybridized carbons (Fsp3) is 0.524. The molecule has 7 nitrogen and oxygen atoms in total.